The number of ketones is 1. The van der Waals surface area contributed by atoms with E-state index in [1.807, 2.05) is 13.8 Å². The molecule has 3 amide bonds. The average molecular weight is 492 g/mol. The van der Waals surface area contributed by atoms with Crippen LogP contribution in [-0.4, -0.2) is 67.1 Å². The van der Waals surface area contributed by atoms with E-state index in [0.29, 0.717) is 36.1 Å². The number of amides is 3. The smallest absolute Gasteiger partial charge is 0.287 e. The summed E-state index contributed by atoms with van der Waals surface area (Å²) in [7, 11) is 1.51. The Labute approximate surface area is 203 Å². The number of rotatable bonds is 11. The minimum Gasteiger partial charge on any atom is -0.493 e. The van der Waals surface area contributed by atoms with Crippen molar-refractivity contribution in [1.82, 2.24) is 15.5 Å². The standard InChI is InChI=1S/C24H30ClN3O6/c1-14(2)9-17(18(29)13-28(21(30)11-25)12-16-7-8-26-23(16)31)27-24(32)20-10-15-5-4-6-19(33-3)22(15)34-20/h4-6,10,14,16-17H,7-9,11-13H2,1-3H3,(H,26,31)(H,27,32)/t16-,17-/m0/s1. The van der Waals surface area contributed by atoms with Gasteiger partial charge in [0.05, 0.1) is 25.6 Å². The van der Waals surface area contributed by atoms with E-state index in [1.54, 1.807) is 24.3 Å². The topological polar surface area (TPSA) is 118 Å². The van der Waals surface area contributed by atoms with Crippen molar-refractivity contribution < 1.29 is 28.3 Å². The summed E-state index contributed by atoms with van der Waals surface area (Å²) < 4.78 is 11.0. The number of hydrogen-bond donors (Lipinski definition) is 2. The van der Waals surface area contributed by atoms with Crippen molar-refractivity contribution >= 4 is 46.1 Å². The highest BCUT2D eigenvalue weighted by Gasteiger charge is 2.31. The highest BCUT2D eigenvalue weighted by atomic mass is 35.5. The highest BCUT2D eigenvalue weighted by Crippen LogP contribution is 2.28. The number of carbonyl (C=O) groups is 4. The predicted molar refractivity (Wildman–Crippen MR) is 127 cm³/mol. The van der Waals surface area contributed by atoms with Crippen LogP contribution < -0.4 is 15.4 Å². The van der Waals surface area contributed by atoms with Gasteiger partial charge in [-0.2, -0.15) is 0 Å². The SMILES string of the molecule is COc1cccc2cc(C(=O)N[C@@H](CC(C)C)C(=O)CN(C[C@@H]3CCNC3=O)C(=O)CCl)oc12. The summed E-state index contributed by atoms with van der Waals surface area (Å²) in [5.41, 5.74) is 0.440. The van der Waals surface area contributed by atoms with Crippen LogP contribution in [0.1, 0.15) is 37.2 Å². The van der Waals surface area contributed by atoms with Gasteiger partial charge in [0, 0.05) is 18.5 Å². The molecular formula is C24H30ClN3O6. The molecule has 34 heavy (non-hydrogen) atoms. The highest BCUT2D eigenvalue weighted by molar-refractivity contribution is 6.27. The molecule has 2 atom stereocenters. The quantitative estimate of drug-likeness (QED) is 0.466. The third-order valence-electron chi connectivity index (χ3n) is 5.77. The summed E-state index contributed by atoms with van der Waals surface area (Å²) in [5.74, 6) is -1.50. The maximum Gasteiger partial charge on any atom is 0.287 e. The van der Waals surface area contributed by atoms with Crippen molar-refractivity contribution in [1.29, 1.82) is 0 Å². The number of para-hydroxylation sites is 1. The lowest BCUT2D eigenvalue weighted by atomic mass is 9.99. The zero-order chi connectivity index (χ0) is 24.8. The van der Waals surface area contributed by atoms with Gasteiger partial charge in [0.2, 0.25) is 11.8 Å². The molecule has 184 valence electrons. The summed E-state index contributed by atoms with van der Waals surface area (Å²) in [6.45, 7) is 4.26. The first-order valence-electron chi connectivity index (χ1n) is 11.2. The zero-order valence-electron chi connectivity index (χ0n) is 19.6. The molecule has 0 radical (unpaired) electrons. The second kappa shape index (κ2) is 11.4. The third-order valence-corrected chi connectivity index (χ3v) is 6.00. The minimum absolute atomic E-state index is 0.0531. The Hall–Kier alpha value is -3.07. The van der Waals surface area contributed by atoms with Gasteiger partial charge in [-0.25, -0.2) is 0 Å². The number of fused-ring (bicyclic) bond motifs is 1. The third kappa shape index (κ3) is 6.08. The van der Waals surface area contributed by atoms with Crippen LogP contribution in [0.3, 0.4) is 0 Å². The number of nitrogens with one attached hydrogen (secondary N) is 2. The molecule has 1 aromatic carbocycles. The Morgan fingerprint density at radius 2 is 2.09 bits per heavy atom. The molecular weight excluding hydrogens is 462 g/mol. The van der Waals surface area contributed by atoms with E-state index in [2.05, 4.69) is 10.6 Å². The Bertz CT molecular complexity index is 1070. The number of ether oxygens (including phenoxy) is 1. The van der Waals surface area contributed by atoms with Crippen molar-refractivity contribution in [2.45, 2.75) is 32.7 Å². The number of nitrogens with zero attached hydrogens (tertiary/aromatic N) is 1. The zero-order valence-corrected chi connectivity index (χ0v) is 20.3. The maximum absolute atomic E-state index is 13.2. The van der Waals surface area contributed by atoms with Gasteiger partial charge in [0.1, 0.15) is 5.88 Å². The van der Waals surface area contributed by atoms with Crippen molar-refractivity contribution in [2.75, 3.05) is 32.6 Å². The van der Waals surface area contributed by atoms with E-state index in [4.69, 9.17) is 20.8 Å². The van der Waals surface area contributed by atoms with Gasteiger partial charge in [-0.3, -0.25) is 19.2 Å². The van der Waals surface area contributed by atoms with E-state index in [9.17, 15) is 19.2 Å². The van der Waals surface area contributed by atoms with Crippen molar-refractivity contribution in [3.05, 3.63) is 30.0 Å². The fourth-order valence-electron chi connectivity index (χ4n) is 4.00. The molecule has 3 rings (SSSR count). The largest absolute Gasteiger partial charge is 0.493 e. The van der Waals surface area contributed by atoms with Crippen LogP contribution >= 0.6 is 11.6 Å². The maximum atomic E-state index is 13.2. The molecule has 1 aromatic heterocycles. The molecule has 9 nitrogen and oxygen atoms in total. The fourth-order valence-corrected chi connectivity index (χ4v) is 4.17. The van der Waals surface area contributed by atoms with Gasteiger partial charge in [0.25, 0.3) is 5.91 Å². The van der Waals surface area contributed by atoms with Crippen molar-refractivity contribution in [2.24, 2.45) is 11.8 Å². The first-order chi connectivity index (χ1) is 16.2. The van der Waals surface area contributed by atoms with Crippen LogP contribution in [0.15, 0.2) is 28.7 Å². The summed E-state index contributed by atoms with van der Waals surface area (Å²) in [4.78, 5) is 51.8. The first-order valence-corrected chi connectivity index (χ1v) is 11.8. The summed E-state index contributed by atoms with van der Waals surface area (Å²) in [6.07, 6.45) is 0.960. The molecule has 0 unspecified atom stereocenters. The molecule has 1 aliphatic rings. The number of halogens is 1. The molecule has 0 saturated carbocycles. The number of Topliss-reactive ketones (excluding diaryl/α,β-unsaturated/α-hetero) is 1. The first kappa shape index (κ1) is 25.6. The molecule has 0 bridgehead atoms. The lowest BCUT2D eigenvalue weighted by Gasteiger charge is -2.26. The summed E-state index contributed by atoms with van der Waals surface area (Å²) in [6, 6.07) is 6.06. The molecule has 10 heteroatoms. The van der Waals surface area contributed by atoms with E-state index >= 15 is 0 Å². The van der Waals surface area contributed by atoms with Crippen molar-refractivity contribution in [3.63, 3.8) is 0 Å². The minimum atomic E-state index is -0.842. The van der Waals surface area contributed by atoms with Crippen LogP contribution in [0, 0.1) is 11.8 Å². The number of hydrogen-bond acceptors (Lipinski definition) is 6. The van der Waals surface area contributed by atoms with Gasteiger partial charge < -0.3 is 24.7 Å². The molecule has 0 aliphatic carbocycles. The molecule has 1 aliphatic heterocycles. The van der Waals surface area contributed by atoms with Gasteiger partial charge in [-0.1, -0.05) is 26.0 Å². The number of carbonyl (C=O) groups excluding carboxylic acids is 4. The fraction of sp³-hybridized carbons (Fsp3) is 0.500. The summed E-state index contributed by atoms with van der Waals surface area (Å²) in [5, 5.41) is 6.18. The van der Waals surface area contributed by atoms with Crippen LogP contribution in [0.5, 0.6) is 5.75 Å². The van der Waals surface area contributed by atoms with Crippen LogP contribution in [0.25, 0.3) is 11.0 Å². The van der Waals surface area contributed by atoms with Gasteiger partial charge in [-0.05, 0) is 30.9 Å². The monoisotopic (exact) mass is 491 g/mol. The second-order valence-electron chi connectivity index (χ2n) is 8.80. The Balaban J connectivity index is 1.75. The molecule has 2 N–H and O–H groups in total. The van der Waals surface area contributed by atoms with Crippen molar-refractivity contribution in [3.8, 4) is 5.75 Å². The molecule has 2 heterocycles. The molecule has 0 spiro atoms. The van der Waals surface area contributed by atoms with Crippen LogP contribution in [0.4, 0.5) is 0 Å². The molecule has 1 saturated heterocycles. The lowest BCUT2D eigenvalue weighted by molar-refractivity contribution is -0.135. The van der Waals surface area contributed by atoms with E-state index in [0.717, 1.165) is 0 Å². The van der Waals surface area contributed by atoms with E-state index < -0.39 is 17.9 Å². The Kier molecular flexibility index (Phi) is 8.55. The van der Waals surface area contributed by atoms with Crippen LogP contribution in [0.2, 0.25) is 0 Å². The number of benzene rings is 1. The van der Waals surface area contributed by atoms with Gasteiger partial charge in [-0.15, -0.1) is 11.6 Å². The normalized spacial score (nSPS) is 16.4. The van der Waals surface area contributed by atoms with Gasteiger partial charge >= 0.3 is 0 Å². The van der Waals surface area contributed by atoms with Crippen LogP contribution in [-0.2, 0) is 14.4 Å². The molecule has 2 aromatic rings. The lowest BCUT2D eigenvalue weighted by Crippen LogP contribution is -2.49. The Morgan fingerprint density at radius 3 is 2.71 bits per heavy atom. The summed E-state index contributed by atoms with van der Waals surface area (Å²) >= 11 is 5.75. The predicted octanol–water partition coefficient (Wildman–Crippen LogP) is 2.36. The molecule has 1 fully saturated rings. The average Bonchev–Trinajstić information content (AvgIpc) is 3.43. The Morgan fingerprint density at radius 1 is 1.32 bits per heavy atom. The number of alkyl halides is 1. The van der Waals surface area contributed by atoms with E-state index in [-0.39, 0.29) is 48.3 Å². The van der Waals surface area contributed by atoms with Gasteiger partial charge in [0.15, 0.2) is 22.9 Å². The van der Waals surface area contributed by atoms with E-state index in [1.165, 1.54) is 12.0 Å². The number of methoxy groups -OCH3 is 1. The second-order valence-corrected chi connectivity index (χ2v) is 9.06. The number of furan rings is 1.